The van der Waals surface area contributed by atoms with E-state index in [-0.39, 0.29) is 22.9 Å². The van der Waals surface area contributed by atoms with Gasteiger partial charge < -0.3 is 5.32 Å². The molecule has 2 aromatic carbocycles. The summed E-state index contributed by atoms with van der Waals surface area (Å²) in [7, 11) is 1.38. The molecule has 150 valence electrons. The van der Waals surface area contributed by atoms with Crippen molar-refractivity contribution in [1.82, 2.24) is 9.78 Å². The highest BCUT2D eigenvalue weighted by atomic mass is 35.5. The number of alkyl halides is 3. The molecule has 0 fully saturated rings. The first-order valence-corrected chi connectivity index (χ1v) is 9.95. The first kappa shape index (κ1) is 19.8. The molecule has 1 unspecified atom stereocenters. The third-order valence-corrected chi connectivity index (χ3v) is 6.20. The van der Waals surface area contributed by atoms with Crippen molar-refractivity contribution in [1.29, 1.82) is 0 Å². The maximum absolute atomic E-state index is 13.6. The van der Waals surface area contributed by atoms with Gasteiger partial charge in [-0.1, -0.05) is 41.9 Å². The van der Waals surface area contributed by atoms with Crippen molar-refractivity contribution in [3.8, 4) is 11.1 Å². The number of aryl methyl sites for hydroxylation is 1. The molecule has 0 radical (unpaired) electrons. The largest absolute Gasteiger partial charge is 0.435 e. The lowest BCUT2D eigenvalue weighted by atomic mass is 10.0. The fraction of sp³-hybridized carbons (Fsp3) is 0.200. The number of amides is 1. The molecule has 0 bridgehead atoms. The Labute approximate surface area is 174 Å². The Morgan fingerprint density at radius 3 is 2.55 bits per heavy atom. The molecule has 4 nitrogen and oxygen atoms in total. The van der Waals surface area contributed by atoms with Crippen LogP contribution in [0.1, 0.15) is 11.3 Å². The molecule has 0 saturated heterocycles. The smallest absolute Gasteiger partial charge is 0.309 e. The molecule has 1 amide bonds. The Morgan fingerprint density at radius 2 is 1.90 bits per heavy atom. The monoisotopic (exact) mass is 437 g/mol. The summed E-state index contributed by atoms with van der Waals surface area (Å²) in [6, 6.07) is 13.6. The average Bonchev–Trinajstić information content (AvgIpc) is 3.24. The van der Waals surface area contributed by atoms with Crippen LogP contribution in [0.3, 0.4) is 0 Å². The van der Waals surface area contributed by atoms with Crippen LogP contribution in [0.2, 0.25) is 5.02 Å². The molecule has 3 aromatic rings. The van der Waals surface area contributed by atoms with E-state index in [1.165, 1.54) is 43.1 Å². The van der Waals surface area contributed by atoms with Gasteiger partial charge >= 0.3 is 6.18 Å². The molecule has 1 aliphatic rings. The van der Waals surface area contributed by atoms with Crippen molar-refractivity contribution in [2.45, 2.75) is 22.7 Å². The normalized spacial score (nSPS) is 16.0. The molecular formula is C20H15ClF3N3OS. The summed E-state index contributed by atoms with van der Waals surface area (Å²) in [5.74, 6) is -0.362. The zero-order valence-corrected chi connectivity index (χ0v) is 16.7. The molecule has 1 aliphatic heterocycles. The quantitative estimate of drug-likeness (QED) is 0.595. The van der Waals surface area contributed by atoms with Crippen molar-refractivity contribution < 1.29 is 18.0 Å². The number of halogens is 4. The predicted molar refractivity (Wildman–Crippen MR) is 107 cm³/mol. The zero-order valence-electron chi connectivity index (χ0n) is 15.1. The van der Waals surface area contributed by atoms with Crippen LogP contribution in [0.25, 0.3) is 11.1 Å². The highest BCUT2D eigenvalue weighted by Crippen LogP contribution is 2.42. The van der Waals surface area contributed by atoms with Crippen LogP contribution >= 0.6 is 23.4 Å². The number of hydrogen-bond acceptors (Lipinski definition) is 3. The molecule has 1 aromatic heterocycles. The summed E-state index contributed by atoms with van der Waals surface area (Å²) in [6.45, 7) is 0. The Hall–Kier alpha value is -2.45. The summed E-state index contributed by atoms with van der Waals surface area (Å²) < 4.78 is 41.9. The lowest BCUT2D eigenvalue weighted by Gasteiger charge is -2.13. The molecule has 1 atom stereocenters. The van der Waals surface area contributed by atoms with Crippen LogP contribution in [0.15, 0.2) is 53.4 Å². The van der Waals surface area contributed by atoms with Gasteiger partial charge in [0.25, 0.3) is 0 Å². The number of nitrogens with zero attached hydrogens (tertiary/aromatic N) is 2. The molecule has 4 rings (SSSR count). The van der Waals surface area contributed by atoms with E-state index < -0.39 is 17.1 Å². The highest BCUT2D eigenvalue weighted by molar-refractivity contribution is 8.01. The molecule has 9 heteroatoms. The van der Waals surface area contributed by atoms with Gasteiger partial charge in [-0.25, -0.2) is 0 Å². The third kappa shape index (κ3) is 3.86. The minimum Gasteiger partial charge on any atom is -0.309 e. The van der Waals surface area contributed by atoms with E-state index in [1.54, 1.807) is 0 Å². The van der Waals surface area contributed by atoms with Gasteiger partial charge in [-0.15, -0.1) is 11.8 Å². The standard InChI is InChI=1S/C20H15ClF3N3OS/c1-27-18(25-19(28)15-10-12-4-2-3-5-14(12)29-15)16(17(26-27)20(22,23)24)11-6-8-13(21)9-7-11/h2-9,15H,10H2,1H3,(H,25,28). The number of carbonyl (C=O) groups is 1. The fourth-order valence-electron chi connectivity index (χ4n) is 3.28. The average molecular weight is 438 g/mol. The van der Waals surface area contributed by atoms with E-state index in [0.29, 0.717) is 11.4 Å². The maximum atomic E-state index is 13.6. The number of aromatic nitrogens is 2. The van der Waals surface area contributed by atoms with Crippen LogP contribution in [0.4, 0.5) is 19.0 Å². The van der Waals surface area contributed by atoms with Crippen molar-refractivity contribution >= 4 is 35.1 Å². The van der Waals surface area contributed by atoms with E-state index in [4.69, 9.17) is 11.6 Å². The second kappa shape index (κ2) is 7.42. The minimum atomic E-state index is -4.67. The van der Waals surface area contributed by atoms with E-state index in [9.17, 15) is 18.0 Å². The van der Waals surface area contributed by atoms with Crippen molar-refractivity contribution in [2.75, 3.05) is 5.32 Å². The molecule has 0 aliphatic carbocycles. The van der Waals surface area contributed by atoms with Crippen LogP contribution in [-0.4, -0.2) is 20.9 Å². The first-order chi connectivity index (χ1) is 13.7. The summed E-state index contributed by atoms with van der Waals surface area (Å²) in [5.41, 5.74) is 0.0922. The molecule has 0 spiro atoms. The maximum Gasteiger partial charge on any atom is 0.435 e. The predicted octanol–water partition coefficient (Wildman–Crippen LogP) is 5.41. The molecule has 0 saturated carbocycles. The SMILES string of the molecule is Cn1nc(C(F)(F)F)c(-c2ccc(Cl)cc2)c1NC(=O)C1Cc2ccccc2S1. The van der Waals surface area contributed by atoms with Crippen LogP contribution in [0.5, 0.6) is 0 Å². The fourth-order valence-corrected chi connectivity index (χ4v) is 4.60. The zero-order chi connectivity index (χ0) is 20.8. The summed E-state index contributed by atoms with van der Waals surface area (Å²) >= 11 is 7.28. The van der Waals surface area contributed by atoms with Crippen LogP contribution in [0, 0.1) is 0 Å². The van der Waals surface area contributed by atoms with Crippen molar-refractivity contribution in [2.24, 2.45) is 7.05 Å². The number of carbonyl (C=O) groups excluding carboxylic acids is 1. The molecule has 1 N–H and O–H groups in total. The minimum absolute atomic E-state index is 0.00111. The van der Waals surface area contributed by atoms with E-state index in [2.05, 4.69) is 10.4 Å². The lowest BCUT2D eigenvalue weighted by molar-refractivity contribution is -0.141. The van der Waals surface area contributed by atoms with Gasteiger partial charge in [0.2, 0.25) is 5.91 Å². The number of hydrogen-bond donors (Lipinski definition) is 1. The Kier molecular flexibility index (Phi) is 5.08. The van der Waals surface area contributed by atoms with Gasteiger partial charge in [0.15, 0.2) is 5.69 Å². The Morgan fingerprint density at radius 1 is 1.21 bits per heavy atom. The highest BCUT2D eigenvalue weighted by Gasteiger charge is 2.40. The Balaban J connectivity index is 1.69. The second-order valence-corrected chi connectivity index (χ2v) is 8.29. The summed E-state index contributed by atoms with van der Waals surface area (Å²) in [6.07, 6.45) is -4.15. The number of fused-ring (bicyclic) bond motifs is 1. The Bertz CT molecular complexity index is 1050. The van der Waals surface area contributed by atoms with Gasteiger partial charge in [-0.3, -0.25) is 9.48 Å². The van der Waals surface area contributed by atoms with Gasteiger partial charge in [0.05, 0.1) is 10.8 Å². The molecule has 29 heavy (non-hydrogen) atoms. The van der Waals surface area contributed by atoms with Crippen molar-refractivity contribution in [3.63, 3.8) is 0 Å². The lowest BCUT2D eigenvalue weighted by Crippen LogP contribution is -2.26. The molecular weight excluding hydrogens is 423 g/mol. The first-order valence-electron chi connectivity index (χ1n) is 8.69. The number of rotatable bonds is 3. The van der Waals surface area contributed by atoms with E-state index in [0.717, 1.165) is 15.1 Å². The third-order valence-electron chi connectivity index (χ3n) is 4.63. The summed E-state index contributed by atoms with van der Waals surface area (Å²) in [5, 5.41) is 6.28. The number of benzene rings is 2. The van der Waals surface area contributed by atoms with Crippen LogP contribution in [-0.2, 0) is 24.4 Å². The van der Waals surface area contributed by atoms with E-state index >= 15 is 0 Å². The van der Waals surface area contributed by atoms with Gasteiger partial charge in [-0.2, -0.15) is 18.3 Å². The molecule has 2 heterocycles. The number of nitrogens with one attached hydrogen (secondary N) is 1. The topological polar surface area (TPSA) is 46.9 Å². The van der Waals surface area contributed by atoms with Gasteiger partial charge in [-0.05, 0) is 35.7 Å². The van der Waals surface area contributed by atoms with Crippen LogP contribution < -0.4 is 5.32 Å². The van der Waals surface area contributed by atoms with Gasteiger partial charge in [0.1, 0.15) is 5.82 Å². The summed E-state index contributed by atoms with van der Waals surface area (Å²) in [4.78, 5) is 13.9. The number of thioether (sulfide) groups is 1. The van der Waals surface area contributed by atoms with E-state index in [1.807, 2.05) is 24.3 Å². The van der Waals surface area contributed by atoms with Crippen molar-refractivity contribution in [3.05, 3.63) is 64.8 Å². The second-order valence-electron chi connectivity index (χ2n) is 6.61. The number of anilines is 1. The van der Waals surface area contributed by atoms with Gasteiger partial charge in [0, 0.05) is 17.0 Å².